The van der Waals surface area contributed by atoms with E-state index in [0.717, 1.165) is 5.56 Å². The molecule has 4 nitrogen and oxygen atoms in total. The van der Waals surface area contributed by atoms with Crippen molar-refractivity contribution in [3.8, 4) is 6.07 Å². The van der Waals surface area contributed by atoms with E-state index in [4.69, 9.17) is 9.47 Å². The Morgan fingerprint density at radius 3 is 0.831 bits per heavy atom. The summed E-state index contributed by atoms with van der Waals surface area (Å²) in [6, 6.07) is 12.1. The quantitative estimate of drug-likeness (QED) is 0.131. The van der Waals surface area contributed by atoms with E-state index < -0.39 is 28.5 Å². The van der Waals surface area contributed by atoms with Crippen LogP contribution < -0.4 is 0 Å². The summed E-state index contributed by atoms with van der Waals surface area (Å²) >= 11 is 0. The van der Waals surface area contributed by atoms with E-state index in [-0.39, 0.29) is 6.61 Å². The maximum absolute atomic E-state index is 16.6. The van der Waals surface area contributed by atoms with Gasteiger partial charge in [0, 0.05) is 0 Å². The highest BCUT2D eigenvalue weighted by Gasteiger charge is 2.86. The molecule has 0 N–H and O–H groups in total. The molecule has 1 aliphatic heterocycles. The second-order valence-corrected chi connectivity index (χ2v) is 27.2. The average Bonchev–Trinajstić information content (AvgIpc) is 2.25. The van der Waals surface area contributed by atoms with Gasteiger partial charge in [-0.3, -0.25) is 0 Å². The lowest BCUT2D eigenvalue weighted by Gasteiger charge is -2.53. The Labute approximate surface area is 420 Å². The largest absolute Gasteiger partial charge is 0.463 e. The van der Waals surface area contributed by atoms with Gasteiger partial charge in [-0.2, -0.15) is 5.26 Å². The van der Waals surface area contributed by atoms with Crippen LogP contribution in [0.25, 0.3) is 291 Å². The average molecular weight is 952 g/mol. The van der Waals surface area contributed by atoms with Gasteiger partial charge in [-0.15, -0.1) is 0 Å². The SMILES string of the molecule is CCOC(=O)[C@]1(C#N)O[C@H](c2ccc(C)cc2)C23c4c5c6c7c8c9c(c%10c%11c2c2c4c4c%12c5c5c6c6c8c8c%13c9c9c%10c%10c%11c%11c2c2c4c4c%12c%12c5c5c6c8c6c8c%13c9c9c%10c%10c%11c2c2c4c4c%12c5c6c5c8c9c%10c2c45)C731. The molecule has 1 heterocycles. The van der Waals surface area contributed by atoms with Crippen molar-refractivity contribution >= 4 is 297 Å². The highest BCUT2D eigenvalue weighted by Crippen LogP contribution is 2.89. The predicted molar refractivity (Wildman–Crippen MR) is 314 cm³/mol. The molecule has 0 radical (unpaired) electrons. The number of nitrogens with zero attached hydrogens (tertiary/aromatic N) is 1. The van der Waals surface area contributed by atoms with E-state index in [1.165, 1.54) is 254 Å². The van der Waals surface area contributed by atoms with Crippen LogP contribution in [0.2, 0.25) is 0 Å². The highest BCUT2D eigenvalue weighted by molar-refractivity contribution is 6.82. The first kappa shape index (κ1) is 30.2. The lowest BCUT2D eigenvalue weighted by Crippen LogP contribution is -2.63. The van der Waals surface area contributed by atoms with E-state index in [9.17, 15) is 5.26 Å². The number of benzene rings is 19. The Balaban J connectivity index is 1.13. The topological polar surface area (TPSA) is 59.3 Å². The molecule has 4 aliphatic carbocycles. The number of nitriles is 1. The molecule has 0 amide bonds. The van der Waals surface area contributed by atoms with Gasteiger partial charge in [0.05, 0.1) is 17.4 Å². The summed E-state index contributed by atoms with van der Waals surface area (Å²) in [6.07, 6.45) is -0.692. The van der Waals surface area contributed by atoms with Gasteiger partial charge in [0.2, 0.25) is 0 Å². The zero-order valence-electron chi connectivity index (χ0n) is 39.8. The van der Waals surface area contributed by atoms with Crippen molar-refractivity contribution in [1.29, 1.82) is 5.26 Å². The summed E-state index contributed by atoms with van der Waals surface area (Å²) < 4.78 is 14.8. The van der Waals surface area contributed by atoms with Gasteiger partial charge >= 0.3 is 5.97 Å². The third-order valence-electron chi connectivity index (χ3n) is 26.7. The molecule has 328 valence electrons. The van der Waals surface area contributed by atoms with E-state index in [0.29, 0.717) is 0 Å². The lowest BCUT2D eigenvalue weighted by molar-refractivity contribution is -0.166. The van der Waals surface area contributed by atoms with Crippen LogP contribution in [0.4, 0.5) is 0 Å². The molecule has 4 heteroatoms. The standard InChI is InChI=1S/C73H13NO3/c1-3-76-70(75)71(8-74)73-67-61-55-45-33-25-17-13-11-12-15-19(17)27(33)37-31-23(15)24-16(12)20-18-14(11)22-21(13)29-35(25)43-49-39(29)40-30(22)36-26(18)34-28(20)38-32(24)42-41(31)53(47(37)55)63(67)64-54(42)48(38)56-46(34)52-44(36)50(40)58-57(49)65(59(61)51(43)45)72(73,66(58)60(52)62(56)68(64)73)69(77-71)10-6-4-9(2)5-7-10/h4-7,69H,3H2,1-2H3/t69-,71+,72?,73?/m1/s1. The molecular formula is C73H13NO3. The van der Waals surface area contributed by atoms with Crippen LogP contribution in [0.5, 0.6) is 0 Å². The number of ether oxygens (including phenoxy) is 2. The van der Waals surface area contributed by atoms with Crippen molar-refractivity contribution in [3.63, 3.8) is 0 Å². The fourth-order valence-electron chi connectivity index (χ4n) is 26.4. The molecule has 1 saturated heterocycles. The first-order valence-corrected chi connectivity index (χ1v) is 28.2. The van der Waals surface area contributed by atoms with Crippen LogP contribution in [0.1, 0.15) is 46.4 Å². The van der Waals surface area contributed by atoms with Crippen LogP contribution in [-0.4, -0.2) is 18.2 Å². The summed E-state index contributed by atoms with van der Waals surface area (Å²) in [5.74, 6) is -0.533. The van der Waals surface area contributed by atoms with Crippen molar-refractivity contribution in [2.45, 2.75) is 36.4 Å². The Bertz CT molecular complexity index is 7580. The summed E-state index contributed by atoms with van der Waals surface area (Å²) in [5.41, 5.74) is 3.00. The molecule has 2 spiro atoms. The molecule has 29 aromatic rings. The minimum atomic E-state index is -2.05. The Morgan fingerprint density at radius 1 is 0.390 bits per heavy atom. The number of rotatable bonds is 3. The number of hydrogen-bond donors (Lipinski definition) is 0. The predicted octanol–water partition coefficient (Wildman–Crippen LogP) is 18.2. The number of carbonyl (C=O) groups is 1. The Morgan fingerprint density at radius 2 is 0.610 bits per heavy atom. The molecule has 34 rings (SSSR count). The molecule has 0 bridgehead atoms. The normalized spacial score (nSPS) is 24.3. The molecule has 0 aromatic heterocycles. The van der Waals surface area contributed by atoms with E-state index in [1.807, 2.05) is 6.92 Å². The second-order valence-electron chi connectivity index (χ2n) is 27.2. The van der Waals surface area contributed by atoms with E-state index in [2.05, 4.69) is 37.3 Å². The van der Waals surface area contributed by atoms with Crippen LogP contribution in [0, 0.1) is 18.3 Å². The first-order chi connectivity index (χ1) is 38.1. The van der Waals surface area contributed by atoms with Gasteiger partial charge in [0.25, 0.3) is 5.60 Å². The van der Waals surface area contributed by atoms with Crippen LogP contribution in [0.15, 0.2) is 24.3 Å². The van der Waals surface area contributed by atoms with Crippen LogP contribution in [-0.2, 0) is 25.1 Å². The van der Waals surface area contributed by atoms with Crippen molar-refractivity contribution in [3.05, 3.63) is 57.6 Å². The highest BCUT2D eigenvalue weighted by atomic mass is 16.6. The molecule has 0 unspecified atom stereocenters. The fourth-order valence-corrected chi connectivity index (χ4v) is 26.4. The smallest absolute Gasteiger partial charge is 0.354 e. The zero-order valence-corrected chi connectivity index (χ0v) is 39.8. The van der Waals surface area contributed by atoms with Gasteiger partial charge in [-0.05, 0) is 333 Å². The van der Waals surface area contributed by atoms with Crippen molar-refractivity contribution in [1.82, 2.24) is 0 Å². The third kappa shape index (κ3) is 1.66. The van der Waals surface area contributed by atoms with Crippen molar-refractivity contribution in [2.24, 2.45) is 0 Å². The van der Waals surface area contributed by atoms with E-state index >= 15 is 4.79 Å². The summed E-state index contributed by atoms with van der Waals surface area (Å²) in [7, 11) is 0. The molecule has 1 fully saturated rings. The minimum Gasteiger partial charge on any atom is -0.463 e. The van der Waals surface area contributed by atoms with Gasteiger partial charge in [-0.25, -0.2) is 4.79 Å². The number of aryl methyl sites for hydroxylation is 1. The van der Waals surface area contributed by atoms with Gasteiger partial charge in [0.1, 0.15) is 12.2 Å². The van der Waals surface area contributed by atoms with Gasteiger partial charge in [0.15, 0.2) is 0 Å². The maximum Gasteiger partial charge on any atom is 0.354 e. The third-order valence-corrected chi connectivity index (χ3v) is 26.7. The lowest BCUT2D eigenvalue weighted by atomic mass is 9.43. The number of carbonyl (C=O) groups excluding carboxylic acids is 1. The first-order valence-electron chi connectivity index (χ1n) is 28.2. The van der Waals surface area contributed by atoms with Crippen molar-refractivity contribution in [2.75, 3.05) is 6.61 Å². The molecule has 0 saturated carbocycles. The van der Waals surface area contributed by atoms with Crippen LogP contribution in [0.3, 0.4) is 0 Å². The monoisotopic (exact) mass is 951 g/mol. The van der Waals surface area contributed by atoms with Gasteiger partial charge < -0.3 is 9.47 Å². The summed E-state index contributed by atoms with van der Waals surface area (Å²) in [6.45, 7) is 4.24. The zero-order chi connectivity index (χ0) is 47.0. The van der Waals surface area contributed by atoms with Crippen LogP contribution >= 0.6 is 0 Å². The molecular weight excluding hydrogens is 939 g/mol. The second kappa shape index (κ2) is 6.98. The van der Waals surface area contributed by atoms with Gasteiger partial charge in [-0.1, -0.05) is 29.8 Å². The van der Waals surface area contributed by atoms with E-state index in [1.54, 1.807) is 64.6 Å². The summed E-state index contributed by atoms with van der Waals surface area (Å²) in [4.78, 5) is 16.6. The molecule has 5 aliphatic rings. The summed E-state index contributed by atoms with van der Waals surface area (Å²) in [5, 5.41) is 93.3. The Hall–Kier alpha value is -9.40. The number of esters is 1. The fraction of sp³-hybridized carbons (Fsp3) is 0.0959. The van der Waals surface area contributed by atoms with Crippen molar-refractivity contribution < 1.29 is 14.3 Å². The minimum absolute atomic E-state index is 0.153. The molecule has 29 aromatic carbocycles. The molecule has 77 heavy (non-hydrogen) atoms. The molecule has 2 atom stereocenters. The maximum atomic E-state index is 16.6. The number of hydrogen-bond acceptors (Lipinski definition) is 4. The Kier molecular flexibility index (Phi) is 2.74.